The van der Waals surface area contributed by atoms with Crippen molar-refractivity contribution in [3.63, 3.8) is 0 Å². The molecule has 4 heteroatoms. The molecule has 0 saturated carbocycles. The molecule has 1 aromatic heterocycles. The molecule has 2 rings (SSSR count). The number of aromatic hydroxyl groups is 1. The highest BCUT2D eigenvalue weighted by Gasteiger charge is 2.13. The summed E-state index contributed by atoms with van der Waals surface area (Å²) in [6, 6.07) is 7.72. The number of benzene rings is 1. The molecule has 0 saturated heterocycles. The van der Waals surface area contributed by atoms with Crippen LogP contribution >= 0.6 is 0 Å². The van der Waals surface area contributed by atoms with Crippen molar-refractivity contribution < 1.29 is 9.94 Å². The molecule has 0 aliphatic carbocycles. The topological polar surface area (TPSA) is 60.4 Å². The number of fused-ring (bicyclic) bond motifs is 1. The lowest BCUT2D eigenvalue weighted by Crippen LogP contribution is -2.08. The Kier molecular flexibility index (Phi) is 2.85. The van der Waals surface area contributed by atoms with Crippen LogP contribution in [0.25, 0.3) is 10.9 Å². The third-order valence-corrected chi connectivity index (χ3v) is 2.67. The Bertz CT molecular complexity index is 503. The second-order valence-electron chi connectivity index (χ2n) is 4.13. The molecule has 2 aromatic rings. The van der Waals surface area contributed by atoms with E-state index in [2.05, 4.69) is 18.7 Å². The van der Waals surface area contributed by atoms with E-state index < -0.39 is 0 Å². The summed E-state index contributed by atoms with van der Waals surface area (Å²) in [6.45, 7) is 4.46. The lowest BCUT2D eigenvalue weighted by atomic mass is 10.2. The molecule has 0 unspecified atom stereocenters. The van der Waals surface area contributed by atoms with E-state index in [1.54, 1.807) is 6.07 Å². The Morgan fingerprint density at radius 3 is 2.81 bits per heavy atom. The number of nitrogens with two attached hydrogens (primary N) is 1. The monoisotopic (exact) mass is 220 g/mol. The van der Waals surface area contributed by atoms with Gasteiger partial charge < -0.3 is 9.67 Å². The summed E-state index contributed by atoms with van der Waals surface area (Å²) in [5.41, 5.74) is 1.80. The molecule has 0 atom stereocenters. The van der Waals surface area contributed by atoms with Crippen molar-refractivity contribution in [2.24, 2.45) is 5.90 Å². The minimum absolute atomic E-state index is 0.246. The molecule has 0 spiro atoms. The van der Waals surface area contributed by atoms with Crippen LogP contribution in [0, 0.1) is 0 Å². The van der Waals surface area contributed by atoms with Gasteiger partial charge in [-0.05, 0) is 26.0 Å². The predicted octanol–water partition coefficient (Wildman–Crippen LogP) is 2.32. The van der Waals surface area contributed by atoms with Crippen LogP contribution in [0.3, 0.4) is 0 Å². The average molecular weight is 220 g/mol. The molecule has 0 amide bonds. The highest BCUT2D eigenvalue weighted by molar-refractivity contribution is 5.86. The Labute approximate surface area is 94.2 Å². The quantitative estimate of drug-likeness (QED) is 0.780. The van der Waals surface area contributed by atoms with Crippen LogP contribution in [0.2, 0.25) is 0 Å². The van der Waals surface area contributed by atoms with E-state index in [1.165, 1.54) is 0 Å². The van der Waals surface area contributed by atoms with Crippen LogP contribution < -0.4 is 5.90 Å². The van der Waals surface area contributed by atoms with E-state index >= 15 is 0 Å². The zero-order valence-corrected chi connectivity index (χ0v) is 9.47. The van der Waals surface area contributed by atoms with E-state index in [9.17, 15) is 5.11 Å². The summed E-state index contributed by atoms with van der Waals surface area (Å²) >= 11 is 0. The zero-order valence-electron chi connectivity index (χ0n) is 9.47. The van der Waals surface area contributed by atoms with Crippen LogP contribution in [-0.2, 0) is 11.4 Å². The molecule has 4 nitrogen and oxygen atoms in total. The molecule has 1 heterocycles. The molecular formula is C12H16N2O2. The van der Waals surface area contributed by atoms with Crippen molar-refractivity contribution in [3.8, 4) is 5.75 Å². The maximum Gasteiger partial charge on any atom is 0.139 e. The van der Waals surface area contributed by atoms with Gasteiger partial charge in [-0.2, -0.15) is 0 Å². The smallest absolute Gasteiger partial charge is 0.139 e. The maximum absolute atomic E-state index is 9.89. The number of aromatic nitrogens is 1. The van der Waals surface area contributed by atoms with E-state index in [4.69, 9.17) is 5.90 Å². The van der Waals surface area contributed by atoms with Gasteiger partial charge in [-0.15, -0.1) is 0 Å². The van der Waals surface area contributed by atoms with Crippen LogP contribution in [-0.4, -0.2) is 9.67 Å². The summed E-state index contributed by atoms with van der Waals surface area (Å²) < 4.78 is 2.04. The zero-order chi connectivity index (χ0) is 11.7. The van der Waals surface area contributed by atoms with Crippen LogP contribution in [0.4, 0.5) is 0 Å². The van der Waals surface area contributed by atoms with Crippen molar-refractivity contribution in [2.75, 3.05) is 0 Å². The van der Waals surface area contributed by atoms with Crippen molar-refractivity contribution in [1.29, 1.82) is 0 Å². The number of phenolic OH excluding ortho intramolecular Hbond substituents is 1. The Morgan fingerprint density at radius 1 is 1.44 bits per heavy atom. The summed E-state index contributed by atoms with van der Waals surface area (Å²) in [7, 11) is 0. The fourth-order valence-corrected chi connectivity index (χ4v) is 2.11. The number of phenols is 1. The number of rotatable bonds is 3. The van der Waals surface area contributed by atoms with Crippen molar-refractivity contribution >= 4 is 10.9 Å². The van der Waals surface area contributed by atoms with Gasteiger partial charge in [0.1, 0.15) is 12.4 Å². The molecule has 0 bridgehead atoms. The molecule has 0 radical (unpaired) electrons. The molecular weight excluding hydrogens is 204 g/mol. The average Bonchev–Trinajstić information content (AvgIpc) is 2.58. The third kappa shape index (κ3) is 1.66. The van der Waals surface area contributed by atoms with Gasteiger partial charge in [0.15, 0.2) is 0 Å². The third-order valence-electron chi connectivity index (χ3n) is 2.67. The fourth-order valence-electron chi connectivity index (χ4n) is 2.11. The number of hydrogen-bond acceptors (Lipinski definition) is 3. The molecule has 16 heavy (non-hydrogen) atoms. The first-order valence-electron chi connectivity index (χ1n) is 5.28. The Hall–Kier alpha value is -1.52. The van der Waals surface area contributed by atoms with Gasteiger partial charge >= 0.3 is 0 Å². The van der Waals surface area contributed by atoms with Crippen LogP contribution in [0.15, 0.2) is 24.3 Å². The lowest BCUT2D eigenvalue weighted by molar-refractivity contribution is 0.118. The molecule has 0 aliphatic heterocycles. The van der Waals surface area contributed by atoms with Gasteiger partial charge in [0, 0.05) is 17.1 Å². The number of hydrogen-bond donors (Lipinski definition) is 2. The van der Waals surface area contributed by atoms with E-state index in [0.717, 1.165) is 16.6 Å². The molecule has 1 aromatic carbocycles. The maximum atomic E-state index is 9.89. The Morgan fingerprint density at radius 2 is 2.19 bits per heavy atom. The first-order valence-corrected chi connectivity index (χ1v) is 5.28. The van der Waals surface area contributed by atoms with E-state index in [0.29, 0.717) is 6.61 Å². The summed E-state index contributed by atoms with van der Waals surface area (Å²) in [5.74, 6) is 5.40. The van der Waals surface area contributed by atoms with Crippen molar-refractivity contribution in [1.82, 2.24) is 4.57 Å². The first kappa shape index (κ1) is 11.0. The van der Waals surface area contributed by atoms with Gasteiger partial charge in [-0.25, -0.2) is 5.90 Å². The molecule has 0 fully saturated rings. The van der Waals surface area contributed by atoms with E-state index in [-0.39, 0.29) is 11.8 Å². The standard InChI is InChI=1S/C12H16N2O2/c1-8(2)14-10(7-16-13)6-9-4-3-5-11(15)12(9)14/h3-6,8,15H,7,13H2,1-2H3. The molecule has 86 valence electrons. The van der Waals surface area contributed by atoms with Gasteiger partial charge in [0.05, 0.1) is 5.52 Å². The Balaban J connectivity index is 2.72. The van der Waals surface area contributed by atoms with Gasteiger partial charge in [-0.1, -0.05) is 12.1 Å². The van der Waals surface area contributed by atoms with Crippen molar-refractivity contribution in [3.05, 3.63) is 30.0 Å². The van der Waals surface area contributed by atoms with Crippen LogP contribution in [0.5, 0.6) is 5.75 Å². The molecule has 3 N–H and O–H groups in total. The second kappa shape index (κ2) is 4.15. The number of nitrogens with zero attached hydrogens (tertiary/aromatic N) is 1. The SMILES string of the molecule is CC(C)n1c(CON)cc2cccc(O)c21. The largest absolute Gasteiger partial charge is 0.506 e. The number of para-hydroxylation sites is 1. The van der Waals surface area contributed by atoms with Gasteiger partial charge in [0.25, 0.3) is 0 Å². The lowest BCUT2D eigenvalue weighted by Gasteiger charge is -2.14. The van der Waals surface area contributed by atoms with Gasteiger partial charge in [0.2, 0.25) is 0 Å². The first-order chi connectivity index (χ1) is 7.65. The molecule has 0 aliphatic rings. The van der Waals surface area contributed by atoms with Crippen molar-refractivity contribution in [2.45, 2.75) is 26.5 Å². The fraction of sp³-hybridized carbons (Fsp3) is 0.333. The van der Waals surface area contributed by atoms with E-state index in [1.807, 2.05) is 22.8 Å². The van der Waals surface area contributed by atoms with Gasteiger partial charge in [-0.3, -0.25) is 4.84 Å². The highest BCUT2D eigenvalue weighted by Crippen LogP contribution is 2.30. The minimum atomic E-state index is 0.246. The van der Waals surface area contributed by atoms with Crippen LogP contribution in [0.1, 0.15) is 25.6 Å². The minimum Gasteiger partial charge on any atom is -0.506 e. The predicted molar refractivity (Wildman–Crippen MR) is 63.0 cm³/mol. The normalized spacial score (nSPS) is 11.5. The summed E-state index contributed by atoms with van der Waals surface area (Å²) in [5, 5.41) is 10.9. The second-order valence-corrected chi connectivity index (χ2v) is 4.13. The summed E-state index contributed by atoms with van der Waals surface area (Å²) in [4.78, 5) is 4.69. The summed E-state index contributed by atoms with van der Waals surface area (Å²) in [6.07, 6.45) is 0. The highest BCUT2D eigenvalue weighted by atomic mass is 16.6.